The molecule has 0 spiro atoms. The quantitative estimate of drug-likeness (QED) is 0.546. The highest BCUT2D eigenvalue weighted by molar-refractivity contribution is 5.19. The van der Waals surface area contributed by atoms with Crippen molar-refractivity contribution in [2.75, 3.05) is 13.2 Å². The summed E-state index contributed by atoms with van der Waals surface area (Å²) in [5, 5.41) is 8.85. The van der Waals surface area contributed by atoms with Gasteiger partial charge in [0.15, 0.2) is 0 Å². The molecule has 2 heteroatoms. The highest BCUT2D eigenvalue weighted by Gasteiger charge is 2.60. The lowest BCUT2D eigenvalue weighted by Crippen LogP contribution is -2.46. The van der Waals surface area contributed by atoms with E-state index in [-0.39, 0.29) is 10.8 Å². The van der Waals surface area contributed by atoms with Gasteiger partial charge < -0.3 is 4.74 Å². The predicted octanol–water partition coefficient (Wildman–Crippen LogP) is 1.33. The zero-order valence-electron chi connectivity index (χ0n) is 6.18. The maximum Gasteiger partial charge on any atom is 0.0697 e. The molecule has 0 aromatic carbocycles. The van der Waals surface area contributed by atoms with Crippen molar-refractivity contribution in [3.05, 3.63) is 0 Å². The summed E-state index contributed by atoms with van der Waals surface area (Å²) in [7, 11) is 0. The van der Waals surface area contributed by atoms with E-state index in [0.717, 1.165) is 26.1 Å². The average molecular weight is 137 g/mol. The average Bonchev–Trinajstić information content (AvgIpc) is 2.63. The van der Waals surface area contributed by atoms with Crippen molar-refractivity contribution < 1.29 is 4.74 Å². The van der Waals surface area contributed by atoms with E-state index in [9.17, 15) is 0 Å². The predicted molar refractivity (Wildman–Crippen MR) is 36.2 cm³/mol. The first-order valence-electron chi connectivity index (χ1n) is 3.72. The summed E-state index contributed by atoms with van der Waals surface area (Å²) in [5.41, 5.74) is 0.201. The standard InChI is InChI=1S/C8H11NO/c1-7(5-10-6-7)8(4-9)2-3-8/h2-3,5-6H2,1H3. The monoisotopic (exact) mass is 137 g/mol. The lowest BCUT2D eigenvalue weighted by Gasteiger charge is -2.41. The smallest absolute Gasteiger partial charge is 0.0697 e. The fraction of sp³-hybridized carbons (Fsp3) is 0.875. The summed E-state index contributed by atoms with van der Waals surface area (Å²) >= 11 is 0. The molecular formula is C8H11NO. The Morgan fingerprint density at radius 3 is 2.10 bits per heavy atom. The topological polar surface area (TPSA) is 33.0 Å². The van der Waals surface area contributed by atoms with Crippen LogP contribution in [0.2, 0.25) is 0 Å². The van der Waals surface area contributed by atoms with Crippen molar-refractivity contribution in [3.63, 3.8) is 0 Å². The number of nitriles is 1. The number of hydrogen-bond acceptors (Lipinski definition) is 2. The van der Waals surface area contributed by atoms with E-state index >= 15 is 0 Å². The Labute approximate surface area is 60.8 Å². The summed E-state index contributed by atoms with van der Waals surface area (Å²) in [6, 6.07) is 2.41. The van der Waals surface area contributed by atoms with Gasteiger partial charge in [-0.15, -0.1) is 0 Å². The molecule has 1 saturated carbocycles. The summed E-state index contributed by atoms with van der Waals surface area (Å²) < 4.78 is 5.11. The van der Waals surface area contributed by atoms with E-state index in [1.165, 1.54) is 0 Å². The van der Waals surface area contributed by atoms with Crippen molar-refractivity contribution in [2.45, 2.75) is 19.8 Å². The summed E-state index contributed by atoms with van der Waals surface area (Å²) in [4.78, 5) is 0. The molecule has 10 heavy (non-hydrogen) atoms. The minimum Gasteiger partial charge on any atom is -0.380 e. The third kappa shape index (κ3) is 0.518. The maximum absolute atomic E-state index is 8.85. The second-order valence-electron chi connectivity index (χ2n) is 3.75. The van der Waals surface area contributed by atoms with Gasteiger partial charge in [-0.1, -0.05) is 6.92 Å². The molecule has 2 nitrogen and oxygen atoms in total. The van der Waals surface area contributed by atoms with Crippen LogP contribution in [0.5, 0.6) is 0 Å². The van der Waals surface area contributed by atoms with Gasteiger partial charge in [-0.2, -0.15) is 5.26 Å². The molecule has 2 aliphatic rings. The molecule has 54 valence electrons. The van der Waals surface area contributed by atoms with Crippen LogP contribution in [0.15, 0.2) is 0 Å². The van der Waals surface area contributed by atoms with E-state index in [1.807, 2.05) is 0 Å². The van der Waals surface area contributed by atoms with Crippen molar-refractivity contribution in [3.8, 4) is 6.07 Å². The van der Waals surface area contributed by atoms with Gasteiger partial charge in [0.25, 0.3) is 0 Å². The van der Waals surface area contributed by atoms with Gasteiger partial charge in [0, 0.05) is 5.41 Å². The van der Waals surface area contributed by atoms with E-state index in [4.69, 9.17) is 10.00 Å². The third-order valence-corrected chi connectivity index (χ3v) is 2.96. The van der Waals surface area contributed by atoms with Gasteiger partial charge in [-0.25, -0.2) is 0 Å². The third-order valence-electron chi connectivity index (χ3n) is 2.96. The largest absolute Gasteiger partial charge is 0.380 e. The molecule has 1 heterocycles. The van der Waals surface area contributed by atoms with Gasteiger partial charge in [-0.3, -0.25) is 0 Å². The Morgan fingerprint density at radius 1 is 1.40 bits per heavy atom. The van der Waals surface area contributed by atoms with Crippen molar-refractivity contribution in [1.82, 2.24) is 0 Å². The number of hydrogen-bond donors (Lipinski definition) is 0. The van der Waals surface area contributed by atoms with Crippen LogP contribution in [0.4, 0.5) is 0 Å². The van der Waals surface area contributed by atoms with Crippen LogP contribution in [0.25, 0.3) is 0 Å². The van der Waals surface area contributed by atoms with Crippen LogP contribution in [0.3, 0.4) is 0 Å². The van der Waals surface area contributed by atoms with Crippen molar-refractivity contribution in [2.24, 2.45) is 10.8 Å². The fourth-order valence-electron chi connectivity index (χ4n) is 1.66. The van der Waals surface area contributed by atoms with Crippen molar-refractivity contribution in [1.29, 1.82) is 5.26 Å². The Bertz CT molecular complexity index is 196. The molecule has 0 unspecified atom stereocenters. The van der Waals surface area contributed by atoms with Crippen LogP contribution in [0, 0.1) is 22.2 Å². The van der Waals surface area contributed by atoms with Gasteiger partial charge in [0.05, 0.1) is 24.7 Å². The van der Waals surface area contributed by atoms with E-state index in [2.05, 4.69) is 13.0 Å². The lowest BCUT2D eigenvalue weighted by atomic mass is 9.73. The van der Waals surface area contributed by atoms with Crippen LogP contribution in [-0.2, 0) is 4.74 Å². The van der Waals surface area contributed by atoms with Gasteiger partial charge >= 0.3 is 0 Å². The Balaban J connectivity index is 2.18. The van der Waals surface area contributed by atoms with Crippen molar-refractivity contribution >= 4 is 0 Å². The minimum atomic E-state index is 0.00521. The second kappa shape index (κ2) is 1.54. The molecule has 1 saturated heterocycles. The van der Waals surface area contributed by atoms with E-state index in [0.29, 0.717) is 0 Å². The second-order valence-corrected chi connectivity index (χ2v) is 3.75. The first-order chi connectivity index (χ1) is 4.72. The molecule has 0 aromatic rings. The molecule has 0 bridgehead atoms. The first-order valence-corrected chi connectivity index (χ1v) is 3.72. The number of ether oxygens (including phenoxy) is 1. The molecule has 1 aliphatic carbocycles. The summed E-state index contributed by atoms with van der Waals surface area (Å²) in [6.07, 6.45) is 2.17. The highest BCUT2D eigenvalue weighted by atomic mass is 16.5. The SMILES string of the molecule is CC1(C2(C#N)CC2)COC1. The van der Waals surface area contributed by atoms with Crippen LogP contribution in [-0.4, -0.2) is 13.2 Å². The molecule has 2 rings (SSSR count). The minimum absolute atomic E-state index is 0.00521. The molecule has 0 N–H and O–H groups in total. The molecule has 0 aromatic heterocycles. The van der Waals surface area contributed by atoms with Crippen LogP contribution >= 0.6 is 0 Å². The van der Waals surface area contributed by atoms with Gasteiger partial charge in [0.2, 0.25) is 0 Å². The number of rotatable bonds is 1. The summed E-state index contributed by atoms with van der Waals surface area (Å²) in [5.74, 6) is 0. The lowest BCUT2D eigenvalue weighted by molar-refractivity contribution is -0.130. The Morgan fingerprint density at radius 2 is 2.00 bits per heavy atom. The Kier molecular flexibility index (Phi) is 0.952. The molecular weight excluding hydrogens is 126 g/mol. The van der Waals surface area contributed by atoms with Crippen LogP contribution in [0.1, 0.15) is 19.8 Å². The zero-order chi connectivity index (χ0) is 7.24. The molecule has 0 atom stereocenters. The first kappa shape index (κ1) is 6.18. The molecule has 0 amide bonds. The normalized spacial score (nSPS) is 32.0. The highest BCUT2D eigenvalue weighted by Crippen LogP contribution is 2.60. The summed E-state index contributed by atoms with van der Waals surface area (Å²) in [6.45, 7) is 3.74. The maximum atomic E-state index is 8.85. The Hall–Kier alpha value is -0.550. The molecule has 1 aliphatic heterocycles. The number of nitrogens with zero attached hydrogens (tertiary/aromatic N) is 1. The molecule has 0 radical (unpaired) electrons. The fourth-order valence-corrected chi connectivity index (χ4v) is 1.66. The zero-order valence-corrected chi connectivity index (χ0v) is 6.18. The van der Waals surface area contributed by atoms with Gasteiger partial charge in [-0.05, 0) is 12.8 Å². The van der Waals surface area contributed by atoms with Gasteiger partial charge in [0.1, 0.15) is 0 Å². The van der Waals surface area contributed by atoms with E-state index in [1.54, 1.807) is 0 Å². The van der Waals surface area contributed by atoms with E-state index < -0.39 is 0 Å². The van der Waals surface area contributed by atoms with Crippen LogP contribution < -0.4 is 0 Å². The molecule has 2 fully saturated rings.